The molecule has 1 aromatic rings. The van der Waals surface area contributed by atoms with Gasteiger partial charge in [-0.15, -0.1) is 11.3 Å². The molecule has 1 fully saturated rings. The van der Waals surface area contributed by atoms with E-state index in [9.17, 15) is 4.79 Å². The van der Waals surface area contributed by atoms with E-state index in [0.717, 1.165) is 25.7 Å². The molecule has 0 bridgehead atoms. The van der Waals surface area contributed by atoms with E-state index in [1.54, 1.807) is 13.2 Å². The van der Waals surface area contributed by atoms with Crippen molar-refractivity contribution < 1.29 is 9.53 Å². The number of thiophene rings is 1. The highest BCUT2D eigenvalue weighted by molar-refractivity contribution is 7.12. The van der Waals surface area contributed by atoms with Crippen LogP contribution in [-0.2, 0) is 0 Å². The van der Waals surface area contributed by atoms with E-state index >= 15 is 0 Å². The molecule has 0 atom stereocenters. The largest absolute Gasteiger partial charge is 0.495 e. The minimum absolute atomic E-state index is 0.0859. The molecular weight excluding hydrogens is 248 g/mol. The smallest absolute Gasteiger partial charge is 0.265 e. The molecule has 4 nitrogen and oxygen atoms in total. The van der Waals surface area contributed by atoms with E-state index < -0.39 is 0 Å². The number of carbonyl (C=O) groups is 1. The van der Waals surface area contributed by atoms with Gasteiger partial charge in [0.05, 0.1) is 7.11 Å². The van der Waals surface area contributed by atoms with Gasteiger partial charge in [-0.25, -0.2) is 0 Å². The standard InChI is InChI=1S/C13H20N2O2S/c1-17-10-5-8-18-11(10)12(16)15-9-13(14)6-3-2-4-7-13/h5,8H,2-4,6-7,9,14H2,1H3,(H,15,16). The highest BCUT2D eigenvalue weighted by Gasteiger charge is 2.28. The second kappa shape index (κ2) is 5.71. The Kier molecular flexibility index (Phi) is 4.24. The van der Waals surface area contributed by atoms with Gasteiger partial charge in [0.2, 0.25) is 0 Å². The predicted molar refractivity (Wildman–Crippen MR) is 73.2 cm³/mol. The number of methoxy groups -OCH3 is 1. The Labute approximate surface area is 112 Å². The lowest BCUT2D eigenvalue weighted by Crippen LogP contribution is -2.51. The van der Waals surface area contributed by atoms with Crippen LogP contribution >= 0.6 is 11.3 Å². The first kappa shape index (κ1) is 13.4. The molecule has 0 aromatic carbocycles. The average Bonchev–Trinajstić information content (AvgIpc) is 2.85. The Morgan fingerprint density at radius 3 is 2.89 bits per heavy atom. The maximum Gasteiger partial charge on any atom is 0.265 e. The Balaban J connectivity index is 1.92. The van der Waals surface area contributed by atoms with Crippen LogP contribution in [0.5, 0.6) is 5.75 Å². The normalized spacial score (nSPS) is 18.3. The van der Waals surface area contributed by atoms with Crippen LogP contribution in [0, 0.1) is 0 Å². The van der Waals surface area contributed by atoms with Gasteiger partial charge in [0.15, 0.2) is 0 Å². The molecule has 100 valence electrons. The molecule has 0 unspecified atom stereocenters. The molecule has 1 aromatic heterocycles. The van der Waals surface area contributed by atoms with Crippen LogP contribution in [0.25, 0.3) is 0 Å². The Hall–Kier alpha value is -1.07. The van der Waals surface area contributed by atoms with Gasteiger partial charge in [0.1, 0.15) is 10.6 Å². The number of rotatable bonds is 4. The second-order valence-electron chi connectivity index (χ2n) is 4.92. The summed E-state index contributed by atoms with van der Waals surface area (Å²) < 4.78 is 5.14. The summed E-state index contributed by atoms with van der Waals surface area (Å²) in [5.41, 5.74) is 6.06. The lowest BCUT2D eigenvalue weighted by atomic mass is 9.82. The fraction of sp³-hybridized carbons (Fsp3) is 0.615. The average molecular weight is 268 g/mol. The quantitative estimate of drug-likeness (QED) is 0.879. The second-order valence-corrected chi connectivity index (χ2v) is 5.84. The van der Waals surface area contributed by atoms with Gasteiger partial charge < -0.3 is 15.8 Å². The van der Waals surface area contributed by atoms with Crippen molar-refractivity contribution in [2.45, 2.75) is 37.6 Å². The molecule has 0 saturated heterocycles. The summed E-state index contributed by atoms with van der Waals surface area (Å²) in [6.45, 7) is 0.548. The lowest BCUT2D eigenvalue weighted by molar-refractivity contribution is 0.0939. The third-order valence-corrected chi connectivity index (χ3v) is 4.40. The minimum Gasteiger partial charge on any atom is -0.495 e. The summed E-state index contributed by atoms with van der Waals surface area (Å²) in [5.74, 6) is 0.546. The number of nitrogens with one attached hydrogen (secondary N) is 1. The van der Waals surface area contributed by atoms with E-state index in [1.807, 2.05) is 5.38 Å². The van der Waals surface area contributed by atoms with E-state index in [1.165, 1.54) is 17.8 Å². The third kappa shape index (κ3) is 3.03. The van der Waals surface area contributed by atoms with Crippen LogP contribution in [0.1, 0.15) is 41.8 Å². The van der Waals surface area contributed by atoms with Gasteiger partial charge in [-0.2, -0.15) is 0 Å². The van der Waals surface area contributed by atoms with E-state index in [0.29, 0.717) is 17.2 Å². The van der Waals surface area contributed by atoms with Crippen LogP contribution in [-0.4, -0.2) is 25.1 Å². The van der Waals surface area contributed by atoms with Gasteiger partial charge >= 0.3 is 0 Å². The fourth-order valence-electron chi connectivity index (χ4n) is 2.39. The van der Waals surface area contributed by atoms with Gasteiger partial charge in [-0.3, -0.25) is 4.79 Å². The number of ether oxygens (including phenoxy) is 1. The maximum atomic E-state index is 12.0. The molecule has 2 rings (SSSR count). The number of nitrogens with two attached hydrogens (primary N) is 1. The van der Waals surface area contributed by atoms with Crippen molar-refractivity contribution in [3.63, 3.8) is 0 Å². The SMILES string of the molecule is COc1ccsc1C(=O)NCC1(N)CCCCC1. The molecule has 1 saturated carbocycles. The molecule has 0 radical (unpaired) electrons. The highest BCUT2D eigenvalue weighted by Crippen LogP contribution is 2.26. The van der Waals surface area contributed by atoms with E-state index in [2.05, 4.69) is 5.32 Å². The van der Waals surface area contributed by atoms with Crippen molar-refractivity contribution in [1.82, 2.24) is 5.32 Å². The van der Waals surface area contributed by atoms with Crippen molar-refractivity contribution in [2.75, 3.05) is 13.7 Å². The molecule has 1 aliphatic rings. The minimum atomic E-state index is -0.224. The van der Waals surface area contributed by atoms with E-state index in [4.69, 9.17) is 10.5 Å². The van der Waals surface area contributed by atoms with Crippen LogP contribution in [0.3, 0.4) is 0 Å². The number of hydrogen-bond donors (Lipinski definition) is 2. The zero-order valence-corrected chi connectivity index (χ0v) is 11.5. The van der Waals surface area contributed by atoms with Crippen LogP contribution in [0.15, 0.2) is 11.4 Å². The van der Waals surface area contributed by atoms with Crippen molar-refractivity contribution >= 4 is 17.2 Å². The fourth-order valence-corrected chi connectivity index (χ4v) is 3.17. The summed E-state index contributed by atoms with van der Waals surface area (Å²) >= 11 is 1.39. The molecule has 1 amide bonds. The Morgan fingerprint density at radius 1 is 1.50 bits per heavy atom. The summed E-state index contributed by atoms with van der Waals surface area (Å²) in [6, 6.07) is 1.80. The van der Waals surface area contributed by atoms with Crippen molar-refractivity contribution in [2.24, 2.45) is 5.73 Å². The van der Waals surface area contributed by atoms with Gasteiger partial charge in [0, 0.05) is 12.1 Å². The first-order chi connectivity index (χ1) is 8.64. The number of carbonyl (C=O) groups excluding carboxylic acids is 1. The molecule has 0 aliphatic heterocycles. The first-order valence-electron chi connectivity index (χ1n) is 6.33. The number of hydrogen-bond acceptors (Lipinski definition) is 4. The molecule has 5 heteroatoms. The Morgan fingerprint density at radius 2 is 2.22 bits per heavy atom. The summed E-state index contributed by atoms with van der Waals surface area (Å²) in [7, 11) is 1.57. The highest BCUT2D eigenvalue weighted by atomic mass is 32.1. The summed E-state index contributed by atoms with van der Waals surface area (Å²) in [4.78, 5) is 12.7. The van der Waals surface area contributed by atoms with Crippen LogP contribution in [0.2, 0.25) is 0 Å². The van der Waals surface area contributed by atoms with Gasteiger partial charge in [-0.1, -0.05) is 19.3 Å². The zero-order valence-electron chi connectivity index (χ0n) is 10.7. The first-order valence-corrected chi connectivity index (χ1v) is 7.21. The molecule has 0 spiro atoms. The molecule has 3 N–H and O–H groups in total. The predicted octanol–water partition coefficient (Wildman–Crippen LogP) is 2.15. The van der Waals surface area contributed by atoms with Gasteiger partial charge in [0.25, 0.3) is 5.91 Å². The van der Waals surface area contributed by atoms with Crippen molar-refractivity contribution in [3.05, 3.63) is 16.3 Å². The third-order valence-electron chi connectivity index (χ3n) is 3.51. The molecule has 18 heavy (non-hydrogen) atoms. The topological polar surface area (TPSA) is 64.3 Å². The monoisotopic (exact) mass is 268 g/mol. The summed E-state index contributed by atoms with van der Waals surface area (Å²) in [5, 5.41) is 4.79. The molecule has 1 aliphatic carbocycles. The summed E-state index contributed by atoms with van der Waals surface area (Å²) in [6.07, 6.45) is 5.57. The number of amides is 1. The lowest BCUT2D eigenvalue weighted by Gasteiger charge is -2.33. The van der Waals surface area contributed by atoms with Crippen LogP contribution in [0.4, 0.5) is 0 Å². The van der Waals surface area contributed by atoms with Gasteiger partial charge in [-0.05, 0) is 24.3 Å². The van der Waals surface area contributed by atoms with Crippen molar-refractivity contribution in [1.29, 1.82) is 0 Å². The Bertz CT molecular complexity index is 411. The van der Waals surface area contributed by atoms with Crippen LogP contribution < -0.4 is 15.8 Å². The molecular formula is C13H20N2O2S. The van der Waals surface area contributed by atoms with E-state index in [-0.39, 0.29) is 11.4 Å². The molecule has 1 heterocycles. The maximum absolute atomic E-state index is 12.0. The zero-order chi connectivity index (χ0) is 13.0. The van der Waals surface area contributed by atoms with Crippen molar-refractivity contribution in [3.8, 4) is 5.75 Å².